The summed E-state index contributed by atoms with van der Waals surface area (Å²) in [4.78, 5) is 70.7. The lowest BCUT2D eigenvalue weighted by Gasteiger charge is -2.30. The Balaban J connectivity index is 1.11. The summed E-state index contributed by atoms with van der Waals surface area (Å²) < 4.78 is 9.50. The van der Waals surface area contributed by atoms with Crippen molar-refractivity contribution in [3.8, 4) is 33.8 Å². The molecule has 2 fully saturated rings. The van der Waals surface area contributed by atoms with Gasteiger partial charge < -0.3 is 39.9 Å². The second kappa shape index (κ2) is 16.6. The van der Waals surface area contributed by atoms with Crippen molar-refractivity contribution in [1.29, 1.82) is 0 Å². The van der Waals surface area contributed by atoms with Crippen molar-refractivity contribution in [3.63, 3.8) is 0 Å². The standard InChI is InChI=1S/C40H50N8O6/c1-23(2)33(45-39(51)53-5)37(49)47-19-7-9-31(47)30-22-41-35(44-30)28-17-13-26(14-18-28)25-11-15-27(16-12-25)29-21-42-36(43-29)32-10-8-20-48(32)38(50)34(24(3)4)46-40(52)54-6/h11-18,21-24,31-34H,7-10,19-20H2,1-6H3,(H,41,44)(H,42,43)(H,45,51)(H,46,52)/t31?,32-,33-,34?/m0/s1. The maximum Gasteiger partial charge on any atom is 0.407 e. The van der Waals surface area contributed by atoms with E-state index in [4.69, 9.17) is 9.47 Å². The third kappa shape index (κ3) is 8.12. The van der Waals surface area contributed by atoms with E-state index in [1.54, 1.807) is 17.3 Å². The molecule has 0 saturated carbocycles. The van der Waals surface area contributed by atoms with Gasteiger partial charge in [0.05, 0.1) is 50.1 Å². The van der Waals surface area contributed by atoms with Gasteiger partial charge in [-0.25, -0.2) is 19.6 Å². The van der Waals surface area contributed by atoms with Crippen molar-refractivity contribution < 1.29 is 28.7 Å². The lowest BCUT2D eigenvalue weighted by atomic mass is 10.0. The van der Waals surface area contributed by atoms with Crippen molar-refractivity contribution in [2.45, 2.75) is 77.5 Å². The Morgan fingerprint density at radius 2 is 1.15 bits per heavy atom. The van der Waals surface area contributed by atoms with Crippen LogP contribution in [0, 0.1) is 11.8 Å². The van der Waals surface area contributed by atoms with Crippen LogP contribution in [-0.2, 0) is 19.1 Å². The van der Waals surface area contributed by atoms with Crippen LogP contribution in [0.4, 0.5) is 9.59 Å². The molecule has 2 unspecified atom stereocenters. The van der Waals surface area contributed by atoms with Gasteiger partial charge in [-0.15, -0.1) is 0 Å². The maximum atomic E-state index is 13.5. The highest BCUT2D eigenvalue weighted by Gasteiger charge is 2.38. The summed E-state index contributed by atoms with van der Waals surface area (Å²) >= 11 is 0. The summed E-state index contributed by atoms with van der Waals surface area (Å²) in [7, 11) is 2.58. The van der Waals surface area contributed by atoms with E-state index in [1.165, 1.54) is 14.2 Å². The molecular weight excluding hydrogens is 688 g/mol. The average molecular weight is 739 g/mol. The Morgan fingerprint density at radius 1 is 0.667 bits per heavy atom. The third-order valence-electron chi connectivity index (χ3n) is 10.4. The molecule has 2 saturated heterocycles. The monoisotopic (exact) mass is 738 g/mol. The van der Waals surface area contributed by atoms with Crippen LogP contribution in [0.5, 0.6) is 0 Å². The molecule has 2 aliphatic heterocycles. The molecule has 2 aromatic carbocycles. The molecule has 4 heterocycles. The quantitative estimate of drug-likeness (QED) is 0.140. The summed E-state index contributed by atoms with van der Waals surface area (Å²) in [6.07, 6.45) is 5.64. The predicted octanol–water partition coefficient (Wildman–Crippen LogP) is 6.22. The highest BCUT2D eigenvalue weighted by molar-refractivity contribution is 5.87. The molecule has 2 aliphatic rings. The van der Waals surface area contributed by atoms with E-state index in [9.17, 15) is 19.2 Å². The minimum Gasteiger partial charge on any atom is -0.453 e. The first-order chi connectivity index (χ1) is 26.0. The van der Waals surface area contributed by atoms with Gasteiger partial charge >= 0.3 is 12.2 Å². The van der Waals surface area contributed by atoms with Crippen molar-refractivity contribution in [3.05, 3.63) is 72.4 Å². The second-order valence-electron chi connectivity index (χ2n) is 14.6. The van der Waals surface area contributed by atoms with E-state index in [0.29, 0.717) is 13.1 Å². The number of aromatic nitrogens is 4. The average Bonchev–Trinajstić information content (AvgIpc) is 4.02. The van der Waals surface area contributed by atoms with E-state index < -0.39 is 24.3 Å². The van der Waals surface area contributed by atoms with Gasteiger partial charge in [0.25, 0.3) is 0 Å². The number of hydrogen-bond acceptors (Lipinski definition) is 8. The first-order valence-corrected chi connectivity index (χ1v) is 18.6. The first-order valence-electron chi connectivity index (χ1n) is 18.6. The topological polar surface area (TPSA) is 175 Å². The van der Waals surface area contributed by atoms with Crippen molar-refractivity contribution in [2.24, 2.45) is 11.8 Å². The number of amides is 4. The number of imidazole rings is 2. The number of H-pyrrole nitrogens is 2. The second-order valence-corrected chi connectivity index (χ2v) is 14.6. The van der Waals surface area contributed by atoms with Gasteiger partial charge in [0.15, 0.2) is 0 Å². The van der Waals surface area contributed by atoms with E-state index >= 15 is 0 Å². The fourth-order valence-corrected chi connectivity index (χ4v) is 7.39. The Morgan fingerprint density at radius 3 is 1.67 bits per heavy atom. The zero-order valence-electron chi connectivity index (χ0n) is 31.7. The van der Waals surface area contributed by atoms with Gasteiger partial charge in [-0.2, -0.15) is 0 Å². The van der Waals surface area contributed by atoms with Gasteiger partial charge in [-0.3, -0.25) is 9.59 Å². The van der Waals surface area contributed by atoms with Crippen LogP contribution < -0.4 is 10.6 Å². The predicted molar refractivity (Wildman–Crippen MR) is 203 cm³/mol. The number of nitrogens with one attached hydrogen (secondary N) is 4. The van der Waals surface area contributed by atoms with Crippen molar-refractivity contribution in [1.82, 2.24) is 40.4 Å². The molecule has 4 atom stereocenters. The molecule has 0 spiro atoms. The Labute approximate surface area is 315 Å². The van der Waals surface area contributed by atoms with E-state index in [-0.39, 0.29) is 35.7 Å². The van der Waals surface area contributed by atoms with Crippen LogP contribution in [0.15, 0.2) is 60.9 Å². The molecule has 54 heavy (non-hydrogen) atoms. The highest BCUT2D eigenvalue weighted by atomic mass is 16.5. The Bertz CT molecular complexity index is 1800. The normalized spacial score (nSPS) is 18.1. The lowest BCUT2D eigenvalue weighted by Crippen LogP contribution is -2.51. The minimum atomic E-state index is -0.687. The molecule has 4 aromatic rings. The molecule has 6 rings (SSSR count). The largest absolute Gasteiger partial charge is 0.453 e. The molecule has 286 valence electrons. The highest BCUT2D eigenvalue weighted by Crippen LogP contribution is 2.35. The molecule has 0 bridgehead atoms. The number of nitrogens with zero attached hydrogens (tertiary/aromatic N) is 4. The van der Waals surface area contributed by atoms with Crippen molar-refractivity contribution >= 4 is 24.0 Å². The number of alkyl carbamates (subject to hydrolysis) is 2. The van der Waals surface area contributed by atoms with Crippen LogP contribution in [0.3, 0.4) is 0 Å². The molecule has 2 aromatic heterocycles. The fraction of sp³-hybridized carbons (Fsp3) is 0.450. The van der Waals surface area contributed by atoms with Crippen LogP contribution in [-0.4, -0.2) is 93.1 Å². The molecular formula is C40H50N8O6. The summed E-state index contributed by atoms with van der Waals surface area (Å²) in [6.45, 7) is 8.80. The zero-order valence-corrected chi connectivity index (χ0v) is 31.7. The summed E-state index contributed by atoms with van der Waals surface area (Å²) in [5.74, 6) is 0.967. The smallest absolute Gasteiger partial charge is 0.407 e. The zero-order chi connectivity index (χ0) is 38.5. The number of aromatic amines is 2. The van der Waals surface area contributed by atoms with E-state index in [2.05, 4.69) is 54.8 Å². The van der Waals surface area contributed by atoms with Crippen LogP contribution in [0.25, 0.3) is 33.8 Å². The van der Waals surface area contributed by atoms with E-state index in [1.807, 2.05) is 56.9 Å². The SMILES string of the molecule is COC(=O)NC(C(=O)N1CCC[C@H]1c1ncc(-c2ccc(-c3ccc(-c4ncc(C5CCCN5C(=O)[C@@H](NC(=O)OC)C(C)C)[nH]4)cc3)cc2)[nH]1)C(C)C. The molecule has 0 aliphatic carbocycles. The molecule has 0 radical (unpaired) electrons. The number of benzene rings is 2. The Kier molecular flexibility index (Phi) is 11.7. The fourth-order valence-electron chi connectivity index (χ4n) is 7.39. The Hall–Kier alpha value is -5.66. The van der Waals surface area contributed by atoms with Crippen LogP contribution in [0.1, 0.15) is 77.0 Å². The minimum absolute atomic E-state index is 0.0993. The maximum absolute atomic E-state index is 13.5. The van der Waals surface area contributed by atoms with Crippen molar-refractivity contribution in [2.75, 3.05) is 27.3 Å². The lowest BCUT2D eigenvalue weighted by molar-refractivity contribution is -0.136. The van der Waals surface area contributed by atoms with Gasteiger partial charge in [0.1, 0.15) is 23.7 Å². The van der Waals surface area contributed by atoms with Crippen LogP contribution >= 0.6 is 0 Å². The molecule has 14 nitrogen and oxygen atoms in total. The third-order valence-corrected chi connectivity index (χ3v) is 10.4. The number of ether oxygens (including phenoxy) is 2. The van der Waals surface area contributed by atoms with Gasteiger partial charge in [-0.05, 0) is 54.2 Å². The van der Waals surface area contributed by atoms with Crippen LogP contribution in [0.2, 0.25) is 0 Å². The molecule has 4 amide bonds. The van der Waals surface area contributed by atoms with E-state index in [0.717, 1.165) is 71.0 Å². The number of methoxy groups -OCH3 is 2. The molecule has 14 heteroatoms. The number of likely N-dealkylation sites (tertiary alicyclic amines) is 2. The summed E-state index contributed by atoms with van der Waals surface area (Å²) in [5, 5.41) is 5.39. The van der Waals surface area contributed by atoms with Gasteiger partial charge in [0.2, 0.25) is 11.8 Å². The van der Waals surface area contributed by atoms with Gasteiger partial charge in [-0.1, -0.05) is 76.2 Å². The summed E-state index contributed by atoms with van der Waals surface area (Å²) in [5.41, 5.74) is 5.72. The molecule has 4 N–H and O–H groups in total. The number of rotatable bonds is 11. The number of hydrogen-bond donors (Lipinski definition) is 4. The number of carbonyl (C=O) groups excluding carboxylic acids is 4. The van der Waals surface area contributed by atoms with Gasteiger partial charge in [0, 0.05) is 18.7 Å². The number of carbonyl (C=O) groups is 4. The first kappa shape index (κ1) is 38.1. The summed E-state index contributed by atoms with van der Waals surface area (Å²) in [6, 6.07) is 14.7.